The van der Waals surface area contributed by atoms with Crippen LogP contribution in [0.3, 0.4) is 0 Å². The van der Waals surface area contributed by atoms with E-state index in [2.05, 4.69) is 30.2 Å². The minimum absolute atomic E-state index is 0.506. The Hall–Kier alpha value is -1.65. The number of aromatic nitrogens is 1. The lowest BCUT2D eigenvalue weighted by atomic mass is 10.2. The van der Waals surface area contributed by atoms with E-state index in [9.17, 15) is 0 Å². The van der Waals surface area contributed by atoms with E-state index in [0.29, 0.717) is 6.04 Å². The Morgan fingerprint density at radius 1 is 1.25 bits per heavy atom. The highest BCUT2D eigenvalue weighted by atomic mass is 32.1. The summed E-state index contributed by atoms with van der Waals surface area (Å²) in [5.41, 5.74) is 1.03. The Kier molecular flexibility index (Phi) is 3.85. The summed E-state index contributed by atoms with van der Waals surface area (Å²) in [6.45, 7) is 5.11. The van der Waals surface area contributed by atoms with E-state index in [1.807, 2.05) is 30.3 Å². The van der Waals surface area contributed by atoms with Crippen LogP contribution in [0.5, 0.6) is 0 Å². The summed E-state index contributed by atoms with van der Waals surface area (Å²) < 4.78 is 7.07. The molecule has 2 aromatic heterocycles. The van der Waals surface area contributed by atoms with Crippen molar-refractivity contribution in [1.82, 2.24) is 10.3 Å². The summed E-state index contributed by atoms with van der Waals surface area (Å²) >= 11 is 1.67. The van der Waals surface area contributed by atoms with E-state index >= 15 is 0 Å². The second-order valence-corrected chi connectivity index (χ2v) is 5.97. The second kappa shape index (κ2) is 5.77. The molecule has 1 atom stereocenters. The third-order valence-electron chi connectivity index (χ3n) is 3.40. The van der Waals surface area contributed by atoms with Crippen LogP contribution in [0.1, 0.15) is 26.0 Å². The normalized spacial score (nSPS) is 12.9. The predicted octanol–water partition coefficient (Wildman–Crippen LogP) is 4.44. The molecule has 0 saturated carbocycles. The number of para-hydroxylation sites is 1. The van der Waals surface area contributed by atoms with Gasteiger partial charge in [0.2, 0.25) is 0 Å². The van der Waals surface area contributed by atoms with Gasteiger partial charge in [0.1, 0.15) is 5.76 Å². The van der Waals surface area contributed by atoms with Crippen LogP contribution in [-0.4, -0.2) is 11.0 Å². The van der Waals surface area contributed by atoms with Gasteiger partial charge in [-0.2, -0.15) is 0 Å². The molecule has 0 aliphatic heterocycles. The van der Waals surface area contributed by atoms with Crippen LogP contribution in [0.2, 0.25) is 0 Å². The smallest absolute Gasteiger partial charge is 0.163 e. The standard InChI is InChI=1S/C16H18N2OS/c1-3-11(2)17-10-12-8-9-14(19-12)16-18-13-6-4-5-7-15(13)20-16/h4-9,11,17H,3,10H2,1-2H3. The minimum atomic E-state index is 0.506. The third kappa shape index (κ3) is 2.76. The first kappa shape index (κ1) is 13.3. The molecule has 0 aliphatic carbocycles. The number of furan rings is 1. The van der Waals surface area contributed by atoms with Gasteiger partial charge < -0.3 is 9.73 Å². The molecule has 2 heterocycles. The van der Waals surface area contributed by atoms with Crippen molar-refractivity contribution in [1.29, 1.82) is 0 Å². The molecule has 0 spiro atoms. The van der Waals surface area contributed by atoms with Crippen LogP contribution in [0, 0.1) is 0 Å². The van der Waals surface area contributed by atoms with Gasteiger partial charge in [-0.05, 0) is 37.6 Å². The summed E-state index contributed by atoms with van der Waals surface area (Å²) in [5.74, 6) is 1.81. The lowest BCUT2D eigenvalue weighted by Crippen LogP contribution is -2.24. The molecule has 3 rings (SSSR count). The largest absolute Gasteiger partial charge is 0.457 e. The average molecular weight is 286 g/mol. The fraction of sp³-hybridized carbons (Fsp3) is 0.312. The van der Waals surface area contributed by atoms with Crippen molar-refractivity contribution >= 4 is 21.6 Å². The van der Waals surface area contributed by atoms with Gasteiger partial charge in [0, 0.05) is 6.04 Å². The Bertz CT molecular complexity index is 668. The van der Waals surface area contributed by atoms with Crippen molar-refractivity contribution in [3.8, 4) is 10.8 Å². The van der Waals surface area contributed by atoms with Crippen LogP contribution < -0.4 is 5.32 Å². The van der Waals surface area contributed by atoms with Gasteiger partial charge >= 0.3 is 0 Å². The molecular formula is C16H18N2OS. The maximum absolute atomic E-state index is 5.88. The van der Waals surface area contributed by atoms with E-state index in [0.717, 1.165) is 35.0 Å². The first-order chi connectivity index (χ1) is 9.76. The third-order valence-corrected chi connectivity index (χ3v) is 4.45. The van der Waals surface area contributed by atoms with Crippen LogP contribution >= 0.6 is 11.3 Å². The highest BCUT2D eigenvalue weighted by molar-refractivity contribution is 7.21. The number of thiazole rings is 1. The lowest BCUT2D eigenvalue weighted by molar-refractivity contribution is 0.456. The van der Waals surface area contributed by atoms with E-state index in [4.69, 9.17) is 4.42 Å². The molecule has 0 aliphatic rings. The zero-order valence-electron chi connectivity index (χ0n) is 11.7. The zero-order chi connectivity index (χ0) is 13.9. The zero-order valence-corrected chi connectivity index (χ0v) is 12.5. The number of nitrogens with zero attached hydrogens (tertiary/aromatic N) is 1. The van der Waals surface area contributed by atoms with Gasteiger partial charge in [-0.15, -0.1) is 11.3 Å². The van der Waals surface area contributed by atoms with Crippen molar-refractivity contribution < 1.29 is 4.42 Å². The molecule has 1 aromatic carbocycles. The van der Waals surface area contributed by atoms with Gasteiger partial charge in [0.05, 0.1) is 16.8 Å². The van der Waals surface area contributed by atoms with Crippen molar-refractivity contribution in [2.45, 2.75) is 32.9 Å². The highest BCUT2D eigenvalue weighted by Crippen LogP contribution is 2.31. The summed E-state index contributed by atoms with van der Waals surface area (Å²) in [6, 6.07) is 12.7. The summed E-state index contributed by atoms with van der Waals surface area (Å²) in [6.07, 6.45) is 1.12. The maximum Gasteiger partial charge on any atom is 0.163 e. The van der Waals surface area contributed by atoms with Crippen molar-refractivity contribution in [3.05, 3.63) is 42.2 Å². The number of fused-ring (bicyclic) bond motifs is 1. The first-order valence-corrected chi connectivity index (χ1v) is 7.76. The number of benzene rings is 1. The van der Waals surface area contributed by atoms with Crippen LogP contribution in [0.15, 0.2) is 40.8 Å². The van der Waals surface area contributed by atoms with Gasteiger partial charge in [-0.3, -0.25) is 0 Å². The van der Waals surface area contributed by atoms with E-state index < -0.39 is 0 Å². The lowest BCUT2D eigenvalue weighted by Gasteiger charge is -2.08. The Morgan fingerprint density at radius 2 is 2.10 bits per heavy atom. The number of nitrogens with one attached hydrogen (secondary N) is 1. The topological polar surface area (TPSA) is 38.1 Å². The Balaban J connectivity index is 1.79. The second-order valence-electron chi connectivity index (χ2n) is 4.94. The molecule has 1 unspecified atom stereocenters. The van der Waals surface area contributed by atoms with Crippen LogP contribution in [0.4, 0.5) is 0 Å². The summed E-state index contributed by atoms with van der Waals surface area (Å²) in [7, 11) is 0. The van der Waals surface area contributed by atoms with Crippen molar-refractivity contribution in [2.75, 3.05) is 0 Å². The Labute approximate surface area is 122 Å². The van der Waals surface area contributed by atoms with E-state index in [1.165, 1.54) is 4.70 Å². The number of hydrogen-bond acceptors (Lipinski definition) is 4. The molecule has 0 saturated heterocycles. The average Bonchev–Trinajstić information content (AvgIpc) is 3.10. The number of rotatable bonds is 5. The monoisotopic (exact) mass is 286 g/mol. The Morgan fingerprint density at radius 3 is 2.90 bits per heavy atom. The van der Waals surface area contributed by atoms with Gasteiger partial charge in [-0.1, -0.05) is 19.1 Å². The molecule has 20 heavy (non-hydrogen) atoms. The predicted molar refractivity (Wildman–Crippen MR) is 83.9 cm³/mol. The molecule has 3 nitrogen and oxygen atoms in total. The molecule has 1 N–H and O–H groups in total. The quantitative estimate of drug-likeness (QED) is 0.753. The SMILES string of the molecule is CCC(C)NCc1ccc(-c2nc3ccccc3s2)o1. The number of hydrogen-bond donors (Lipinski definition) is 1. The summed E-state index contributed by atoms with van der Waals surface area (Å²) in [5, 5.41) is 4.37. The fourth-order valence-corrected chi connectivity index (χ4v) is 2.91. The highest BCUT2D eigenvalue weighted by Gasteiger charge is 2.10. The van der Waals surface area contributed by atoms with E-state index in [1.54, 1.807) is 11.3 Å². The van der Waals surface area contributed by atoms with E-state index in [-0.39, 0.29) is 0 Å². The molecule has 3 aromatic rings. The molecule has 0 radical (unpaired) electrons. The fourth-order valence-electron chi connectivity index (χ4n) is 1.98. The van der Waals surface area contributed by atoms with Gasteiger partial charge in [-0.25, -0.2) is 4.98 Å². The molecular weight excluding hydrogens is 268 g/mol. The van der Waals surface area contributed by atoms with Crippen LogP contribution in [-0.2, 0) is 6.54 Å². The summed E-state index contributed by atoms with van der Waals surface area (Å²) in [4.78, 5) is 4.61. The molecule has 104 valence electrons. The first-order valence-electron chi connectivity index (χ1n) is 6.94. The van der Waals surface area contributed by atoms with Gasteiger partial charge in [0.25, 0.3) is 0 Å². The van der Waals surface area contributed by atoms with Crippen molar-refractivity contribution in [3.63, 3.8) is 0 Å². The maximum atomic E-state index is 5.88. The molecule has 0 fully saturated rings. The minimum Gasteiger partial charge on any atom is -0.457 e. The molecule has 0 amide bonds. The molecule has 4 heteroatoms. The van der Waals surface area contributed by atoms with Crippen molar-refractivity contribution in [2.24, 2.45) is 0 Å². The van der Waals surface area contributed by atoms with Crippen LogP contribution in [0.25, 0.3) is 21.0 Å². The molecule has 0 bridgehead atoms. The van der Waals surface area contributed by atoms with Gasteiger partial charge in [0.15, 0.2) is 10.8 Å².